The van der Waals surface area contributed by atoms with Crippen LogP contribution in [-0.4, -0.2) is 33.5 Å². The van der Waals surface area contributed by atoms with Crippen molar-refractivity contribution in [3.63, 3.8) is 0 Å². The van der Waals surface area contributed by atoms with Gasteiger partial charge in [-0.1, -0.05) is 6.07 Å². The summed E-state index contributed by atoms with van der Waals surface area (Å²) in [5.41, 5.74) is -0.866. The van der Waals surface area contributed by atoms with Gasteiger partial charge in [0, 0.05) is 32.1 Å². The Labute approximate surface area is 159 Å². The number of pyridine rings is 1. The fraction of sp³-hybridized carbons (Fsp3) is 0.263. The molecule has 9 heteroatoms. The van der Waals surface area contributed by atoms with Crippen LogP contribution >= 0.6 is 0 Å². The largest absolute Gasteiger partial charge is 0.490 e. The number of hydrogen-bond acceptors (Lipinski definition) is 6. The number of aromatic nitrogens is 2. The number of piperidine rings is 1. The van der Waals surface area contributed by atoms with E-state index in [0.717, 1.165) is 0 Å². The van der Waals surface area contributed by atoms with Gasteiger partial charge in [0.2, 0.25) is 5.82 Å². The Kier molecular flexibility index (Phi) is 4.64. The topological polar surface area (TPSA) is 90.0 Å². The summed E-state index contributed by atoms with van der Waals surface area (Å²) in [6, 6.07) is 10.8. The number of anilines is 1. The summed E-state index contributed by atoms with van der Waals surface area (Å²) >= 11 is 0. The first kappa shape index (κ1) is 17.9. The first-order valence-corrected chi connectivity index (χ1v) is 8.86. The number of nitrogens with zero attached hydrogens (tertiary/aromatic N) is 4. The molecule has 0 radical (unpaired) electrons. The third-order valence-electron chi connectivity index (χ3n) is 4.73. The monoisotopic (exact) mass is 384 g/mol. The van der Waals surface area contributed by atoms with Gasteiger partial charge in [0.15, 0.2) is 0 Å². The van der Waals surface area contributed by atoms with E-state index in [2.05, 4.69) is 4.98 Å². The highest BCUT2D eigenvalue weighted by atomic mass is 19.1. The number of rotatable bonds is 4. The highest BCUT2D eigenvalue weighted by Crippen LogP contribution is 2.27. The normalized spacial score (nSPS) is 15.0. The number of ether oxygens (including phenoxy) is 1. The lowest BCUT2D eigenvalue weighted by molar-refractivity contribution is -0.385. The van der Waals surface area contributed by atoms with Crippen molar-refractivity contribution in [2.75, 3.05) is 18.0 Å². The van der Waals surface area contributed by atoms with E-state index < -0.39 is 16.2 Å². The molecule has 8 nitrogen and oxygen atoms in total. The molecule has 0 spiro atoms. The lowest BCUT2D eigenvalue weighted by Gasteiger charge is -2.32. The van der Waals surface area contributed by atoms with Crippen molar-refractivity contribution in [2.45, 2.75) is 18.9 Å². The summed E-state index contributed by atoms with van der Waals surface area (Å²) in [5, 5.41) is 11.5. The molecule has 0 aliphatic carbocycles. The van der Waals surface area contributed by atoms with E-state index in [4.69, 9.17) is 4.74 Å². The first-order chi connectivity index (χ1) is 13.5. The molecule has 28 heavy (non-hydrogen) atoms. The lowest BCUT2D eigenvalue weighted by Crippen LogP contribution is -2.40. The predicted molar refractivity (Wildman–Crippen MR) is 100 cm³/mol. The van der Waals surface area contributed by atoms with Crippen LogP contribution < -0.4 is 15.2 Å². The minimum atomic E-state index is -0.699. The molecule has 0 N–H and O–H groups in total. The van der Waals surface area contributed by atoms with Crippen molar-refractivity contribution in [1.82, 2.24) is 9.38 Å². The van der Waals surface area contributed by atoms with E-state index in [1.807, 2.05) is 0 Å². The summed E-state index contributed by atoms with van der Waals surface area (Å²) in [7, 11) is 0. The van der Waals surface area contributed by atoms with Crippen LogP contribution in [0.4, 0.5) is 15.9 Å². The van der Waals surface area contributed by atoms with Crippen LogP contribution in [0, 0.1) is 15.9 Å². The van der Waals surface area contributed by atoms with Crippen LogP contribution in [0.15, 0.2) is 53.5 Å². The minimum Gasteiger partial charge on any atom is -0.490 e. The second-order valence-electron chi connectivity index (χ2n) is 6.53. The second-order valence-corrected chi connectivity index (χ2v) is 6.53. The van der Waals surface area contributed by atoms with Crippen molar-refractivity contribution in [3.05, 3.63) is 74.9 Å². The molecular weight excluding hydrogens is 367 g/mol. The molecule has 1 fully saturated rings. The SMILES string of the molecule is O=c1c([N+](=O)[O-])c(N2CCC(Oc3ccc(F)cc3)CC2)nc2ccccn12. The Balaban J connectivity index is 1.56. The maximum absolute atomic E-state index is 13.0. The smallest absolute Gasteiger partial charge is 0.376 e. The van der Waals surface area contributed by atoms with Crippen molar-refractivity contribution < 1.29 is 14.1 Å². The molecule has 0 bridgehead atoms. The fourth-order valence-electron chi connectivity index (χ4n) is 3.34. The third kappa shape index (κ3) is 3.38. The maximum Gasteiger partial charge on any atom is 0.376 e. The van der Waals surface area contributed by atoms with E-state index in [9.17, 15) is 19.3 Å². The van der Waals surface area contributed by atoms with Gasteiger partial charge in [-0.2, -0.15) is 0 Å². The van der Waals surface area contributed by atoms with Crippen molar-refractivity contribution in [3.8, 4) is 5.75 Å². The molecule has 0 unspecified atom stereocenters. The molecule has 0 atom stereocenters. The zero-order valence-electron chi connectivity index (χ0n) is 14.8. The van der Waals surface area contributed by atoms with E-state index in [-0.39, 0.29) is 17.7 Å². The Morgan fingerprint density at radius 2 is 1.86 bits per heavy atom. The summed E-state index contributed by atoms with van der Waals surface area (Å²) in [5.74, 6) is 0.331. The third-order valence-corrected chi connectivity index (χ3v) is 4.73. The summed E-state index contributed by atoms with van der Waals surface area (Å²) < 4.78 is 20.0. The Hall–Kier alpha value is -3.49. The molecule has 1 aliphatic rings. The predicted octanol–water partition coefficient (Wildman–Crippen LogP) is 2.79. The van der Waals surface area contributed by atoms with E-state index in [1.54, 1.807) is 35.2 Å². The molecule has 3 aromatic rings. The minimum absolute atomic E-state index is 0.0847. The zero-order chi connectivity index (χ0) is 19.7. The van der Waals surface area contributed by atoms with Gasteiger partial charge in [0.25, 0.3) is 0 Å². The molecule has 0 amide bonds. The van der Waals surface area contributed by atoms with Gasteiger partial charge in [-0.3, -0.25) is 19.3 Å². The van der Waals surface area contributed by atoms with Gasteiger partial charge in [-0.25, -0.2) is 9.37 Å². The number of hydrogen-bond donors (Lipinski definition) is 0. The highest BCUT2D eigenvalue weighted by molar-refractivity contribution is 5.61. The average molecular weight is 384 g/mol. The molecule has 144 valence electrons. The zero-order valence-corrected chi connectivity index (χ0v) is 14.8. The molecule has 1 aromatic carbocycles. The Bertz CT molecular complexity index is 1080. The van der Waals surface area contributed by atoms with Crippen LogP contribution in [0.5, 0.6) is 5.75 Å². The molecule has 4 rings (SSSR count). The molecule has 1 aliphatic heterocycles. The molecule has 0 saturated carbocycles. The molecule has 3 heterocycles. The Morgan fingerprint density at radius 1 is 1.14 bits per heavy atom. The number of benzene rings is 1. The van der Waals surface area contributed by atoms with Gasteiger partial charge >= 0.3 is 11.2 Å². The number of nitro groups is 1. The first-order valence-electron chi connectivity index (χ1n) is 8.86. The van der Waals surface area contributed by atoms with Crippen molar-refractivity contribution >= 4 is 17.2 Å². The molecule has 1 saturated heterocycles. The molecule has 2 aromatic heterocycles. The summed E-state index contributed by atoms with van der Waals surface area (Å²) in [6.45, 7) is 0.921. The second kappa shape index (κ2) is 7.26. The fourth-order valence-corrected chi connectivity index (χ4v) is 3.34. The van der Waals surface area contributed by atoms with Crippen LogP contribution in [0.3, 0.4) is 0 Å². The summed E-state index contributed by atoms with van der Waals surface area (Å²) in [6.07, 6.45) is 2.57. The van der Waals surface area contributed by atoms with Crippen LogP contribution in [0.2, 0.25) is 0 Å². The van der Waals surface area contributed by atoms with Gasteiger partial charge in [0.05, 0.1) is 4.92 Å². The van der Waals surface area contributed by atoms with Gasteiger partial charge < -0.3 is 9.64 Å². The highest BCUT2D eigenvalue weighted by Gasteiger charge is 2.30. The number of halogens is 1. The lowest BCUT2D eigenvalue weighted by atomic mass is 10.1. The standard InChI is InChI=1S/C19H17FN4O4/c20-13-4-6-14(7-5-13)28-15-8-11-22(12-9-15)18-17(24(26)27)19(25)23-10-2-1-3-16(23)21-18/h1-7,10,15H,8-9,11-12H2. The van der Waals surface area contributed by atoms with Crippen molar-refractivity contribution in [2.24, 2.45) is 0 Å². The van der Waals surface area contributed by atoms with E-state index in [1.165, 1.54) is 22.7 Å². The van der Waals surface area contributed by atoms with Crippen molar-refractivity contribution in [1.29, 1.82) is 0 Å². The van der Waals surface area contributed by atoms with Gasteiger partial charge in [-0.15, -0.1) is 0 Å². The van der Waals surface area contributed by atoms with E-state index >= 15 is 0 Å². The number of fused-ring (bicyclic) bond motifs is 1. The van der Waals surface area contributed by atoms with Crippen LogP contribution in [-0.2, 0) is 0 Å². The maximum atomic E-state index is 13.0. The quantitative estimate of drug-likeness (QED) is 0.508. The van der Waals surface area contributed by atoms with Gasteiger partial charge in [0.1, 0.15) is 23.3 Å². The van der Waals surface area contributed by atoms with E-state index in [0.29, 0.717) is 37.3 Å². The summed E-state index contributed by atoms with van der Waals surface area (Å²) in [4.78, 5) is 29.5. The molecular formula is C19H17FN4O4. The van der Waals surface area contributed by atoms with Crippen LogP contribution in [0.1, 0.15) is 12.8 Å². The Morgan fingerprint density at radius 3 is 2.54 bits per heavy atom. The van der Waals surface area contributed by atoms with Crippen LogP contribution in [0.25, 0.3) is 5.65 Å². The van der Waals surface area contributed by atoms with Gasteiger partial charge in [-0.05, 0) is 36.4 Å². The average Bonchev–Trinajstić information content (AvgIpc) is 2.70.